The summed E-state index contributed by atoms with van der Waals surface area (Å²) < 4.78 is 2.22. The number of aromatic nitrogens is 3. The fraction of sp³-hybridized carbons (Fsp3) is 0.824. The van der Waals surface area contributed by atoms with Crippen molar-refractivity contribution in [3.05, 3.63) is 11.6 Å². The standard InChI is InChI=1S/C17H29N5O2/c1-20(17(23)12-14-7-10-21(24-2)11-8-14)13-16-19-18-15-6-4-3-5-9-22(15)16/h14H,3-13H2,1-2H3. The number of hydrogen-bond acceptors (Lipinski definition) is 5. The highest BCUT2D eigenvalue weighted by Crippen LogP contribution is 2.22. The first-order valence-corrected chi connectivity index (χ1v) is 9.11. The van der Waals surface area contributed by atoms with E-state index in [-0.39, 0.29) is 5.91 Å². The second-order valence-corrected chi connectivity index (χ2v) is 7.00. The molecule has 1 fully saturated rings. The molecule has 2 aliphatic heterocycles. The van der Waals surface area contributed by atoms with Gasteiger partial charge in [0, 0.05) is 39.5 Å². The van der Waals surface area contributed by atoms with Crippen LogP contribution in [0.5, 0.6) is 0 Å². The van der Waals surface area contributed by atoms with E-state index in [2.05, 4.69) is 14.8 Å². The Bertz CT molecular complexity index is 551. The van der Waals surface area contributed by atoms with E-state index in [1.165, 1.54) is 19.3 Å². The molecule has 24 heavy (non-hydrogen) atoms. The molecule has 0 aromatic carbocycles. The summed E-state index contributed by atoms with van der Waals surface area (Å²) >= 11 is 0. The molecule has 3 heterocycles. The van der Waals surface area contributed by atoms with Gasteiger partial charge in [-0.1, -0.05) is 6.42 Å². The molecule has 1 amide bonds. The van der Waals surface area contributed by atoms with Crippen LogP contribution in [0.15, 0.2) is 0 Å². The fourth-order valence-corrected chi connectivity index (χ4v) is 3.66. The lowest BCUT2D eigenvalue weighted by molar-refractivity contribution is -0.151. The average Bonchev–Trinajstić information content (AvgIpc) is 2.82. The highest BCUT2D eigenvalue weighted by atomic mass is 16.7. The molecule has 7 heteroatoms. The molecule has 0 atom stereocenters. The maximum atomic E-state index is 12.5. The summed E-state index contributed by atoms with van der Waals surface area (Å²) in [6.07, 6.45) is 7.28. The number of hydrogen-bond donors (Lipinski definition) is 0. The summed E-state index contributed by atoms with van der Waals surface area (Å²) in [6.45, 7) is 3.36. The van der Waals surface area contributed by atoms with E-state index in [4.69, 9.17) is 4.84 Å². The van der Waals surface area contributed by atoms with E-state index in [0.717, 1.165) is 50.5 Å². The fourth-order valence-electron chi connectivity index (χ4n) is 3.66. The third kappa shape index (κ3) is 4.13. The van der Waals surface area contributed by atoms with Crippen LogP contribution < -0.4 is 0 Å². The van der Waals surface area contributed by atoms with E-state index in [0.29, 0.717) is 18.9 Å². The highest BCUT2D eigenvalue weighted by molar-refractivity contribution is 5.76. The number of rotatable bonds is 5. The monoisotopic (exact) mass is 335 g/mol. The van der Waals surface area contributed by atoms with Crippen LogP contribution in [-0.2, 0) is 29.1 Å². The minimum Gasteiger partial charge on any atom is -0.338 e. The second kappa shape index (κ2) is 8.07. The van der Waals surface area contributed by atoms with Gasteiger partial charge in [-0.2, -0.15) is 5.06 Å². The number of piperidine rings is 1. The zero-order valence-electron chi connectivity index (χ0n) is 14.9. The highest BCUT2D eigenvalue weighted by Gasteiger charge is 2.24. The zero-order chi connectivity index (χ0) is 16.9. The lowest BCUT2D eigenvalue weighted by atomic mass is 9.94. The number of carbonyl (C=O) groups is 1. The van der Waals surface area contributed by atoms with Crippen LogP contribution in [-0.4, -0.2) is 57.9 Å². The number of nitrogens with zero attached hydrogens (tertiary/aromatic N) is 5. The Balaban J connectivity index is 1.52. The van der Waals surface area contributed by atoms with Gasteiger partial charge in [0.1, 0.15) is 5.82 Å². The van der Waals surface area contributed by atoms with Gasteiger partial charge in [-0.05, 0) is 31.6 Å². The molecule has 0 aliphatic carbocycles. The van der Waals surface area contributed by atoms with E-state index in [9.17, 15) is 4.79 Å². The van der Waals surface area contributed by atoms with Gasteiger partial charge in [-0.3, -0.25) is 4.79 Å². The normalized spacial score (nSPS) is 19.8. The van der Waals surface area contributed by atoms with Crippen molar-refractivity contribution in [1.82, 2.24) is 24.7 Å². The van der Waals surface area contributed by atoms with Gasteiger partial charge in [0.15, 0.2) is 5.82 Å². The van der Waals surface area contributed by atoms with Gasteiger partial charge >= 0.3 is 0 Å². The molecule has 7 nitrogen and oxygen atoms in total. The summed E-state index contributed by atoms with van der Waals surface area (Å²) in [5.41, 5.74) is 0. The first-order valence-electron chi connectivity index (χ1n) is 9.11. The second-order valence-electron chi connectivity index (χ2n) is 7.00. The van der Waals surface area contributed by atoms with Crippen molar-refractivity contribution >= 4 is 5.91 Å². The Morgan fingerprint density at radius 1 is 1.21 bits per heavy atom. The Morgan fingerprint density at radius 3 is 2.75 bits per heavy atom. The largest absolute Gasteiger partial charge is 0.338 e. The molecule has 0 radical (unpaired) electrons. The molecule has 0 saturated carbocycles. The Hall–Kier alpha value is -1.47. The van der Waals surface area contributed by atoms with Gasteiger partial charge in [0.25, 0.3) is 0 Å². The van der Waals surface area contributed by atoms with Crippen LogP contribution in [0.25, 0.3) is 0 Å². The minimum atomic E-state index is 0.205. The van der Waals surface area contributed by atoms with E-state index in [1.54, 1.807) is 7.11 Å². The van der Waals surface area contributed by atoms with E-state index in [1.807, 2.05) is 17.0 Å². The van der Waals surface area contributed by atoms with Crippen LogP contribution in [0.2, 0.25) is 0 Å². The van der Waals surface area contributed by atoms with Gasteiger partial charge in [-0.25, -0.2) is 0 Å². The number of carbonyl (C=O) groups excluding carboxylic acids is 1. The Kier molecular flexibility index (Phi) is 5.84. The van der Waals surface area contributed by atoms with Crippen LogP contribution in [0.1, 0.15) is 50.2 Å². The van der Waals surface area contributed by atoms with Crippen molar-refractivity contribution in [3.63, 3.8) is 0 Å². The number of fused-ring (bicyclic) bond motifs is 1. The van der Waals surface area contributed by atoms with Crippen molar-refractivity contribution in [1.29, 1.82) is 0 Å². The SMILES string of the molecule is CON1CCC(CC(=O)N(C)Cc2nnc3n2CCCCC3)CC1. The minimum absolute atomic E-state index is 0.205. The summed E-state index contributed by atoms with van der Waals surface area (Å²) in [7, 11) is 3.59. The van der Waals surface area contributed by atoms with Crippen molar-refractivity contribution in [2.24, 2.45) is 5.92 Å². The third-order valence-corrected chi connectivity index (χ3v) is 5.29. The number of hydroxylamine groups is 2. The quantitative estimate of drug-likeness (QED) is 0.818. The average molecular weight is 335 g/mol. The number of amides is 1. The van der Waals surface area contributed by atoms with Crippen molar-refractivity contribution in [3.8, 4) is 0 Å². The molecule has 3 rings (SSSR count). The molecular weight excluding hydrogens is 306 g/mol. The Morgan fingerprint density at radius 2 is 2.00 bits per heavy atom. The van der Waals surface area contributed by atoms with Crippen LogP contribution in [0.4, 0.5) is 0 Å². The van der Waals surface area contributed by atoms with Crippen LogP contribution >= 0.6 is 0 Å². The molecule has 1 saturated heterocycles. The van der Waals surface area contributed by atoms with Gasteiger partial charge < -0.3 is 14.3 Å². The molecule has 0 unspecified atom stereocenters. The molecular formula is C17H29N5O2. The maximum Gasteiger partial charge on any atom is 0.222 e. The van der Waals surface area contributed by atoms with Crippen LogP contribution in [0, 0.1) is 5.92 Å². The molecule has 0 spiro atoms. The van der Waals surface area contributed by atoms with Crippen molar-refractivity contribution in [2.45, 2.75) is 58.0 Å². The first-order chi connectivity index (χ1) is 11.7. The molecule has 134 valence electrons. The van der Waals surface area contributed by atoms with Crippen molar-refractivity contribution in [2.75, 3.05) is 27.2 Å². The maximum absolute atomic E-state index is 12.5. The molecule has 0 N–H and O–H groups in total. The van der Waals surface area contributed by atoms with Crippen molar-refractivity contribution < 1.29 is 9.63 Å². The molecule has 2 aliphatic rings. The molecule has 1 aromatic heterocycles. The van der Waals surface area contributed by atoms with Gasteiger partial charge in [0.2, 0.25) is 5.91 Å². The summed E-state index contributed by atoms with van der Waals surface area (Å²) in [5.74, 6) is 2.67. The summed E-state index contributed by atoms with van der Waals surface area (Å²) in [4.78, 5) is 19.6. The van der Waals surface area contributed by atoms with E-state index >= 15 is 0 Å². The lowest BCUT2D eigenvalue weighted by Crippen LogP contribution is -2.36. The first kappa shape index (κ1) is 17.4. The number of aryl methyl sites for hydroxylation is 1. The van der Waals surface area contributed by atoms with Crippen LogP contribution in [0.3, 0.4) is 0 Å². The van der Waals surface area contributed by atoms with Gasteiger partial charge in [0.05, 0.1) is 13.7 Å². The third-order valence-electron chi connectivity index (χ3n) is 5.29. The smallest absolute Gasteiger partial charge is 0.222 e. The van der Waals surface area contributed by atoms with Gasteiger partial charge in [-0.15, -0.1) is 10.2 Å². The molecule has 1 aromatic rings. The Labute approximate surface area is 143 Å². The predicted octanol–water partition coefficient (Wildman–Crippen LogP) is 1.63. The summed E-state index contributed by atoms with van der Waals surface area (Å²) in [5, 5.41) is 10.6. The topological polar surface area (TPSA) is 63.5 Å². The lowest BCUT2D eigenvalue weighted by Gasteiger charge is -2.30. The summed E-state index contributed by atoms with van der Waals surface area (Å²) in [6, 6.07) is 0. The zero-order valence-corrected chi connectivity index (χ0v) is 14.9. The molecule has 0 bridgehead atoms. The van der Waals surface area contributed by atoms with E-state index < -0.39 is 0 Å². The predicted molar refractivity (Wildman–Crippen MR) is 90.0 cm³/mol.